The molecule has 1 aromatic rings. The maximum absolute atomic E-state index is 11.9. The Balaban J connectivity index is 2.62. The van der Waals surface area contributed by atoms with Crippen LogP contribution < -0.4 is 5.32 Å². The number of carboxylic acid groups (broad SMARTS) is 1. The van der Waals surface area contributed by atoms with Crippen molar-refractivity contribution in [3.05, 3.63) is 38.3 Å². The van der Waals surface area contributed by atoms with Gasteiger partial charge in [0.05, 0.1) is 9.40 Å². The SMILES string of the molecule is CC(CCC(=O)O)CNC(=O)c1ccc(Br)c([N+](=O)[O-])c1. The van der Waals surface area contributed by atoms with Crippen LogP contribution in [-0.2, 0) is 4.79 Å². The third-order valence-corrected chi connectivity index (χ3v) is 3.54. The normalized spacial score (nSPS) is 11.7. The highest BCUT2D eigenvalue weighted by Crippen LogP contribution is 2.25. The van der Waals surface area contributed by atoms with E-state index < -0.39 is 16.8 Å². The Hall–Kier alpha value is -1.96. The summed E-state index contributed by atoms with van der Waals surface area (Å²) in [7, 11) is 0. The second-order valence-corrected chi connectivity index (χ2v) is 5.53. The van der Waals surface area contributed by atoms with E-state index >= 15 is 0 Å². The third-order valence-electron chi connectivity index (χ3n) is 2.87. The molecule has 0 aliphatic carbocycles. The van der Waals surface area contributed by atoms with Gasteiger partial charge >= 0.3 is 5.97 Å². The van der Waals surface area contributed by atoms with E-state index in [0.29, 0.717) is 17.4 Å². The Labute approximate surface area is 129 Å². The highest BCUT2D eigenvalue weighted by Gasteiger charge is 2.16. The van der Waals surface area contributed by atoms with Gasteiger partial charge in [-0.25, -0.2) is 0 Å². The van der Waals surface area contributed by atoms with Gasteiger partial charge in [0, 0.05) is 24.6 Å². The number of aliphatic carboxylic acids is 1. The molecule has 7 nitrogen and oxygen atoms in total. The molecule has 21 heavy (non-hydrogen) atoms. The fourth-order valence-electron chi connectivity index (χ4n) is 1.63. The van der Waals surface area contributed by atoms with Crippen LogP contribution in [0.4, 0.5) is 5.69 Å². The number of benzene rings is 1. The maximum atomic E-state index is 11.9. The largest absolute Gasteiger partial charge is 0.481 e. The van der Waals surface area contributed by atoms with Crippen molar-refractivity contribution < 1.29 is 19.6 Å². The molecule has 0 bridgehead atoms. The highest BCUT2D eigenvalue weighted by atomic mass is 79.9. The molecule has 1 amide bonds. The quantitative estimate of drug-likeness (QED) is 0.574. The van der Waals surface area contributed by atoms with Crippen LogP contribution in [0.3, 0.4) is 0 Å². The van der Waals surface area contributed by atoms with Gasteiger partial charge < -0.3 is 10.4 Å². The van der Waals surface area contributed by atoms with Crippen LogP contribution in [0.1, 0.15) is 30.1 Å². The number of nitro groups is 1. The zero-order chi connectivity index (χ0) is 16.0. The molecule has 1 atom stereocenters. The van der Waals surface area contributed by atoms with E-state index in [2.05, 4.69) is 21.2 Å². The molecule has 0 spiro atoms. The van der Waals surface area contributed by atoms with Gasteiger partial charge in [-0.1, -0.05) is 6.92 Å². The first-order valence-corrected chi connectivity index (χ1v) is 7.04. The molecular weight excluding hydrogens is 344 g/mol. The first kappa shape index (κ1) is 17.1. The van der Waals surface area contributed by atoms with Crippen molar-refractivity contribution in [1.82, 2.24) is 5.32 Å². The van der Waals surface area contributed by atoms with Crippen molar-refractivity contribution in [2.75, 3.05) is 6.54 Å². The average molecular weight is 359 g/mol. The fourth-order valence-corrected chi connectivity index (χ4v) is 2.03. The molecule has 1 aromatic carbocycles. The van der Waals surface area contributed by atoms with Crippen molar-refractivity contribution >= 4 is 33.5 Å². The summed E-state index contributed by atoms with van der Waals surface area (Å²) < 4.78 is 0.305. The van der Waals surface area contributed by atoms with Gasteiger partial charge in [-0.2, -0.15) is 0 Å². The smallest absolute Gasteiger partial charge is 0.303 e. The van der Waals surface area contributed by atoms with Crippen molar-refractivity contribution in [3.63, 3.8) is 0 Å². The molecule has 0 saturated carbocycles. The lowest BCUT2D eigenvalue weighted by atomic mass is 10.1. The van der Waals surface area contributed by atoms with E-state index in [1.54, 1.807) is 0 Å². The van der Waals surface area contributed by atoms with E-state index in [1.807, 2.05) is 6.92 Å². The molecule has 2 N–H and O–H groups in total. The van der Waals surface area contributed by atoms with Gasteiger partial charge in [0.15, 0.2) is 0 Å². The molecule has 0 heterocycles. The van der Waals surface area contributed by atoms with Gasteiger partial charge in [0.1, 0.15) is 0 Å². The first-order valence-electron chi connectivity index (χ1n) is 6.25. The summed E-state index contributed by atoms with van der Waals surface area (Å²) in [5.74, 6) is -1.29. The molecule has 0 aliphatic rings. The number of nitro benzene ring substituents is 1. The van der Waals surface area contributed by atoms with E-state index in [-0.39, 0.29) is 23.6 Å². The van der Waals surface area contributed by atoms with Crippen molar-refractivity contribution in [2.24, 2.45) is 5.92 Å². The lowest BCUT2D eigenvalue weighted by Gasteiger charge is -2.11. The molecule has 0 radical (unpaired) electrons. The second kappa shape index (κ2) is 7.72. The molecule has 114 valence electrons. The van der Waals surface area contributed by atoms with Crippen LogP contribution in [0.5, 0.6) is 0 Å². The maximum Gasteiger partial charge on any atom is 0.303 e. The Morgan fingerprint density at radius 3 is 2.71 bits per heavy atom. The molecule has 0 fully saturated rings. The molecule has 0 aliphatic heterocycles. The summed E-state index contributed by atoms with van der Waals surface area (Å²) in [5, 5.41) is 22.0. The van der Waals surface area contributed by atoms with Crippen molar-refractivity contribution in [1.29, 1.82) is 0 Å². The van der Waals surface area contributed by atoms with Gasteiger partial charge in [-0.05, 0) is 40.4 Å². The number of amides is 1. The summed E-state index contributed by atoms with van der Waals surface area (Å²) in [6.45, 7) is 2.14. The summed E-state index contributed by atoms with van der Waals surface area (Å²) >= 11 is 3.05. The zero-order valence-corrected chi connectivity index (χ0v) is 12.9. The average Bonchev–Trinajstić information content (AvgIpc) is 2.42. The minimum absolute atomic E-state index is 0.00971. The summed E-state index contributed by atoms with van der Waals surface area (Å²) in [4.78, 5) is 32.6. The molecule has 1 rings (SSSR count). The number of nitrogens with one attached hydrogen (secondary N) is 1. The van der Waals surface area contributed by atoms with Gasteiger partial charge in [0.2, 0.25) is 0 Å². The fraction of sp³-hybridized carbons (Fsp3) is 0.385. The van der Waals surface area contributed by atoms with E-state index in [9.17, 15) is 19.7 Å². The number of carbonyl (C=O) groups is 2. The van der Waals surface area contributed by atoms with Gasteiger partial charge in [-0.3, -0.25) is 19.7 Å². The highest BCUT2D eigenvalue weighted by molar-refractivity contribution is 9.10. The number of hydrogen-bond donors (Lipinski definition) is 2. The minimum atomic E-state index is -0.878. The Bertz CT molecular complexity index is 561. The topological polar surface area (TPSA) is 110 Å². The van der Waals surface area contributed by atoms with Crippen LogP contribution in [0, 0.1) is 16.0 Å². The Morgan fingerprint density at radius 2 is 2.14 bits per heavy atom. The van der Waals surface area contributed by atoms with E-state index in [1.165, 1.54) is 18.2 Å². The number of rotatable bonds is 7. The van der Waals surface area contributed by atoms with E-state index in [0.717, 1.165) is 0 Å². The lowest BCUT2D eigenvalue weighted by Crippen LogP contribution is -2.28. The number of halogens is 1. The minimum Gasteiger partial charge on any atom is -0.481 e. The molecule has 0 saturated heterocycles. The lowest BCUT2D eigenvalue weighted by molar-refractivity contribution is -0.385. The summed E-state index contributed by atoms with van der Waals surface area (Å²) in [5.41, 5.74) is 0.0110. The van der Waals surface area contributed by atoms with Crippen molar-refractivity contribution in [3.8, 4) is 0 Å². The number of nitrogens with zero attached hydrogens (tertiary/aromatic N) is 1. The van der Waals surface area contributed by atoms with Crippen LogP contribution in [0.25, 0.3) is 0 Å². The number of carbonyl (C=O) groups excluding carboxylic acids is 1. The second-order valence-electron chi connectivity index (χ2n) is 4.67. The molecule has 8 heteroatoms. The molecular formula is C13H15BrN2O5. The van der Waals surface area contributed by atoms with Crippen LogP contribution >= 0.6 is 15.9 Å². The number of hydrogen-bond acceptors (Lipinski definition) is 4. The summed E-state index contributed by atoms with van der Waals surface area (Å²) in [6.07, 6.45) is 0.497. The predicted octanol–water partition coefficient (Wildman–Crippen LogP) is 2.59. The van der Waals surface area contributed by atoms with Gasteiger partial charge in [0.25, 0.3) is 11.6 Å². The van der Waals surface area contributed by atoms with Crippen LogP contribution in [0.2, 0.25) is 0 Å². The van der Waals surface area contributed by atoms with Crippen LogP contribution in [0.15, 0.2) is 22.7 Å². The Morgan fingerprint density at radius 1 is 1.48 bits per heavy atom. The first-order chi connectivity index (χ1) is 9.81. The van der Waals surface area contributed by atoms with Crippen molar-refractivity contribution in [2.45, 2.75) is 19.8 Å². The molecule has 0 aromatic heterocycles. The van der Waals surface area contributed by atoms with Gasteiger partial charge in [-0.15, -0.1) is 0 Å². The standard InChI is InChI=1S/C13H15BrN2O5/c1-8(2-5-12(17)18)7-15-13(19)9-3-4-10(14)11(6-9)16(20)21/h3-4,6,8H,2,5,7H2,1H3,(H,15,19)(H,17,18). The Kier molecular flexibility index (Phi) is 6.29. The predicted molar refractivity (Wildman–Crippen MR) is 79.2 cm³/mol. The van der Waals surface area contributed by atoms with E-state index in [4.69, 9.17) is 5.11 Å². The third kappa shape index (κ3) is 5.50. The zero-order valence-electron chi connectivity index (χ0n) is 11.3. The molecule has 1 unspecified atom stereocenters. The number of carboxylic acids is 1. The summed E-state index contributed by atoms with van der Waals surface area (Å²) in [6, 6.07) is 4.12. The van der Waals surface area contributed by atoms with Crippen LogP contribution in [-0.4, -0.2) is 28.5 Å². The monoisotopic (exact) mass is 358 g/mol.